The van der Waals surface area contributed by atoms with Crippen LogP contribution in [0.2, 0.25) is 0 Å². The van der Waals surface area contributed by atoms with E-state index in [0.717, 1.165) is 12.0 Å². The van der Waals surface area contributed by atoms with Crippen molar-refractivity contribution in [1.29, 1.82) is 0 Å². The summed E-state index contributed by atoms with van der Waals surface area (Å²) in [5.74, 6) is 0.119. The summed E-state index contributed by atoms with van der Waals surface area (Å²) in [6.45, 7) is 2.48. The Morgan fingerprint density at radius 3 is 2.95 bits per heavy atom. The molecule has 2 aromatic carbocycles. The molecule has 0 bridgehead atoms. The third-order valence-electron chi connectivity index (χ3n) is 4.32. The van der Waals surface area contributed by atoms with Crippen LogP contribution < -0.4 is 0 Å². The minimum Gasteiger partial charge on any atom is -0.330 e. The Hall–Kier alpha value is -2.68. The molecule has 1 aliphatic carbocycles. The lowest BCUT2D eigenvalue weighted by Crippen LogP contribution is -2.09. The average molecular weight is 288 g/mol. The van der Waals surface area contributed by atoms with Crippen LogP contribution in [0.4, 0.5) is 0 Å². The van der Waals surface area contributed by atoms with Gasteiger partial charge in [0.05, 0.1) is 12.9 Å². The summed E-state index contributed by atoms with van der Waals surface area (Å²) in [5, 5.41) is 0. The Balaban J connectivity index is 1.68. The Morgan fingerprint density at radius 1 is 1.23 bits per heavy atom. The average Bonchev–Trinajstić information content (AvgIpc) is 3.13. The fraction of sp³-hybridized carbons (Fsp3) is 0.158. The molecule has 0 radical (unpaired) electrons. The second-order valence-electron chi connectivity index (χ2n) is 5.82. The van der Waals surface area contributed by atoms with E-state index < -0.39 is 0 Å². The number of carbonyl (C=O) groups excluding carboxylic acids is 1. The molecular formula is C19H16N2O. The lowest BCUT2D eigenvalue weighted by Gasteiger charge is -2.07. The summed E-state index contributed by atoms with van der Waals surface area (Å²) in [5.41, 5.74) is 7.29. The van der Waals surface area contributed by atoms with Crippen molar-refractivity contribution in [3.05, 3.63) is 77.4 Å². The molecule has 0 aliphatic heterocycles. The standard InChI is InChI=1S/C19H16N2O/c1-13-3-2-4-15-10-16-9-14(5-6-17(16)19(13)15)18(22)11-21-8-7-20-12-21/h2-9,12H,10-11H2,1H3. The fourth-order valence-electron chi connectivity index (χ4n) is 3.26. The van der Waals surface area contributed by atoms with Crippen LogP contribution in [-0.4, -0.2) is 15.3 Å². The van der Waals surface area contributed by atoms with Gasteiger partial charge in [-0.2, -0.15) is 0 Å². The van der Waals surface area contributed by atoms with Gasteiger partial charge in [0, 0.05) is 18.0 Å². The molecule has 4 rings (SSSR count). The number of rotatable bonds is 3. The van der Waals surface area contributed by atoms with Gasteiger partial charge in [0.2, 0.25) is 0 Å². The van der Waals surface area contributed by atoms with Gasteiger partial charge in [0.25, 0.3) is 0 Å². The van der Waals surface area contributed by atoms with Crippen molar-refractivity contribution in [2.45, 2.75) is 19.9 Å². The summed E-state index contributed by atoms with van der Waals surface area (Å²) >= 11 is 0. The number of imidazole rings is 1. The summed E-state index contributed by atoms with van der Waals surface area (Å²) < 4.78 is 1.80. The number of aryl methyl sites for hydroxylation is 1. The molecule has 0 saturated carbocycles. The largest absolute Gasteiger partial charge is 0.330 e. The Morgan fingerprint density at radius 2 is 2.14 bits per heavy atom. The van der Waals surface area contributed by atoms with Gasteiger partial charge in [-0.1, -0.05) is 30.3 Å². The summed E-state index contributed by atoms with van der Waals surface area (Å²) in [4.78, 5) is 16.4. The maximum absolute atomic E-state index is 12.4. The van der Waals surface area contributed by atoms with Crippen molar-refractivity contribution in [3.63, 3.8) is 0 Å². The number of nitrogens with zero attached hydrogens (tertiary/aromatic N) is 2. The van der Waals surface area contributed by atoms with Gasteiger partial charge in [0.1, 0.15) is 0 Å². The topological polar surface area (TPSA) is 34.9 Å². The molecule has 0 fully saturated rings. The normalized spacial score (nSPS) is 12.0. The van der Waals surface area contributed by atoms with Gasteiger partial charge < -0.3 is 4.57 Å². The van der Waals surface area contributed by atoms with Gasteiger partial charge in [-0.3, -0.25) is 4.79 Å². The molecule has 1 aromatic heterocycles. The second kappa shape index (κ2) is 4.95. The molecule has 0 N–H and O–H groups in total. The van der Waals surface area contributed by atoms with Crippen LogP contribution in [-0.2, 0) is 13.0 Å². The van der Waals surface area contributed by atoms with Crippen molar-refractivity contribution >= 4 is 5.78 Å². The SMILES string of the molecule is Cc1cccc2c1-c1ccc(C(=O)Cn3ccnc3)cc1C2. The molecule has 0 atom stereocenters. The van der Waals surface area contributed by atoms with Crippen LogP contribution in [0.25, 0.3) is 11.1 Å². The molecular weight excluding hydrogens is 272 g/mol. The van der Waals surface area contributed by atoms with Gasteiger partial charge >= 0.3 is 0 Å². The van der Waals surface area contributed by atoms with E-state index in [1.807, 2.05) is 18.3 Å². The number of carbonyl (C=O) groups is 1. The molecule has 3 nitrogen and oxygen atoms in total. The molecule has 1 aliphatic rings. The number of Topliss-reactive ketones (excluding diaryl/α,β-unsaturated/α-hetero) is 1. The highest BCUT2D eigenvalue weighted by Crippen LogP contribution is 2.39. The highest BCUT2D eigenvalue weighted by molar-refractivity contribution is 5.97. The number of hydrogen-bond acceptors (Lipinski definition) is 2. The van der Waals surface area contributed by atoms with Gasteiger partial charge in [-0.05, 0) is 47.2 Å². The Kier molecular flexibility index (Phi) is 2.93. The third-order valence-corrected chi connectivity index (χ3v) is 4.32. The molecule has 3 heteroatoms. The van der Waals surface area contributed by atoms with Crippen LogP contribution in [0.3, 0.4) is 0 Å². The minimum atomic E-state index is 0.119. The van der Waals surface area contributed by atoms with Gasteiger partial charge in [-0.15, -0.1) is 0 Å². The Bertz CT molecular complexity index is 863. The zero-order valence-electron chi connectivity index (χ0n) is 12.4. The van der Waals surface area contributed by atoms with Crippen LogP contribution in [0.5, 0.6) is 0 Å². The predicted octanol–water partition coefficient (Wildman–Crippen LogP) is 3.65. The van der Waals surface area contributed by atoms with E-state index in [4.69, 9.17) is 0 Å². The molecule has 0 unspecified atom stereocenters. The van der Waals surface area contributed by atoms with Crippen LogP contribution >= 0.6 is 0 Å². The maximum atomic E-state index is 12.4. The fourth-order valence-corrected chi connectivity index (χ4v) is 3.26. The minimum absolute atomic E-state index is 0.119. The van der Waals surface area contributed by atoms with Crippen molar-refractivity contribution in [2.75, 3.05) is 0 Å². The van der Waals surface area contributed by atoms with Crippen LogP contribution in [0.1, 0.15) is 27.0 Å². The number of hydrogen-bond donors (Lipinski definition) is 0. The van der Waals surface area contributed by atoms with Gasteiger partial charge in [-0.25, -0.2) is 4.98 Å². The van der Waals surface area contributed by atoms with E-state index in [1.54, 1.807) is 17.1 Å². The number of benzene rings is 2. The summed E-state index contributed by atoms with van der Waals surface area (Å²) in [6.07, 6.45) is 6.09. The van der Waals surface area contributed by atoms with E-state index in [1.165, 1.54) is 27.8 Å². The van der Waals surface area contributed by atoms with Crippen molar-refractivity contribution in [3.8, 4) is 11.1 Å². The van der Waals surface area contributed by atoms with E-state index in [-0.39, 0.29) is 5.78 Å². The van der Waals surface area contributed by atoms with E-state index >= 15 is 0 Å². The van der Waals surface area contributed by atoms with E-state index in [0.29, 0.717) is 6.54 Å². The molecule has 0 saturated heterocycles. The molecule has 3 aromatic rings. The highest BCUT2D eigenvalue weighted by atomic mass is 16.1. The van der Waals surface area contributed by atoms with Crippen molar-refractivity contribution < 1.29 is 4.79 Å². The Labute approximate surface area is 129 Å². The smallest absolute Gasteiger partial charge is 0.182 e. The predicted molar refractivity (Wildman–Crippen MR) is 86.0 cm³/mol. The van der Waals surface area contributed by atoms with E-state index in [2.05, 4.69) is 36.2 Å². The zero-order valence-corrected chi connectivity index (χ0v) is 12.4. The van der Waals surface area contributed by atoms with E-state index in [9.17, 15) is 4.79 Å². The number of fused-ring (bicyclic) bond motifs is 3. The molecule has 0 spiro atoms. The summed E-state index contributed by atoms with van der Waals surface area (Å²) in [7, 11) is 0. The zero-order chi connectivity index (χ0) is 15.1. The summed E-state index contributed by atoms with van der Waals surface area (Å²) in [6, 6.07) is 12.5. The van der Waals surface area contributed by atoms with Crippen LogP contribution in [0, 0.1) is 6.92 Å². The molecule has 0 amide bonds. The monoisotopic (exact) mass is 288 g/mol. The molecule has 1 heterocycles. The quantitative estimate of drug-likeness (QED) is 0.539. The number of aromatic nitrogens is 2. The third kappa shape index (κ3) is 2.06. The highest BCUT2D eigenvalue weighted by Gasteiger charge is 2.21. The van der Waals surface area contributed by atoms with Crippen molar-refractivity contribution in [1.82, 2.24) is 9.55 Å². The molecule has 108 valence electrons. The maximum Gasteiger partial charge on any atom is 0.182 e. The lowest BCUT2D eigenvalue weighted by atomic mass is 9.99. The first-order valence-corrected chi connectivity index (χ1v) is 7.43. The van der Waals surface area contributed by atoms with Crippen molar-refractivity contribution in [2.24, 2.45) is 0 Å². The van der Waals surface area contributed by atoms with Gasteiger partial charge in [0.15, 0.2) is 5.78 Å². The number of ketones is 1. The first kappa shape index (κ1) is 13.0. The molecule has 22 heavy (non-hydrogen) atoms. The first-order valence-electron chi connectivity index (χ1n) is 7.43. The first-order chi connectivity index (χ1) is 10.7. The second-order valence-corrected chi connectivity index (χ2v) is 5.82. The lowest BCUT2D eigenvalue weighted by molar-refractivity contribution is 0.0972. The van der Waals surface area contributed by atoms with Crippen LogP contribution in [0.15, 0.2) is 55.1 Å².